The lowest BCUT2D eigenvalue weighted by atomic mass is 9.95. The van der Waals surface area contributed by atoms with E-state index >= 15 is 0 Å². The van der Waals surface area contributed by atoms with Crippen molar-refractivity contribution in [3.05, 3.63) is 65.4 Å². The summed E-state index contributed by atoms with van der Waals surface area (Å²) < 4.78 is 2.15. The molecule has 1 aromatic heterocycles. The molecule has 4 heteroatoms. The molecule has 0 saturated carbocycles. The predicted molar refractivity (Wildman–Crippen MR) is 154 cm³/mol. The molecule has 0 radical (unpaired) electrons. The summed E-state index contributed by atoms with van der Waals surface area (Å²) in [7, 11) is 2.08. The van der Waals surface area contributed by atoms with E-state index in [2.05, 4.69) is 85.2 Å². The summed E-state index contributed by atoms with van der Waals surface area (Å²) in [6, 6.07) is 15.0. The number of allylic oxidation sites excluding steroid dienone is 1. The molecule has 1 aliphatic rings. The molecule has 2 aromatic carbocycles. The van der Waals surface area contributed by atoms with Gasteiger partial charge in [0.25, 0.3) is 0 Å². The Morgan fingerprint density at radius 2 is 1.97 bits per heavy atom. The highest BCUT2D eigenvalue weighted by molar-refractivity contribution is 5.91. The molecule has 0 fully saturated rings. The number of rotatable bonds is 10. The molecular weight excluding hydrogens is 440 g/mol. The first-order valence-corrected chi connectivity index (χ1v) is 13.8. The van der Waals surface area contributed by atoms with Crippen LogP contribution < -0.4 is 5.32 Å². The fraction of sp³-hybridized carbons (Fsp3) is 0.469. The molecule has 4 nitrogen and oxygen atoms in total. The van der Waals surface area contributed by atoms with Crippen molar-refractivity contribution < 1.29 is 0 Å². The van der Waals surface area contributed by atoms with E-state index in [1.165, 1.54) is 60.7 Å². The second-order valence-corrected chi connectivity index (χ2v) is 10.4. The molecule has 3 aromatic rings. The third kappa shape index (κ3) is 5.85. The number of anilines is 2. The van der Waals surface area contributed by atoms with Gasteiger partial charge < -0.3 is 9.88 Å². The normalized spacial score (nSPS) is 15.4. The minimum Gasteiger partial charge on any atom is -0.354 e. The van der Waals surface area contributed by atoms with E-state index in [1.54, 1.807) is 0 Å². The van der Waals surface area contributed by atoms with Gasteiger partial charge in [-0.15, -0.1) is 0 Å². The van der Waals surface area contributed by atoms with Crippen molar-refractivity contribution in [1.82, 2.24) is 9.47 Å². The summed E-state index contributed by atoms with van der Waals surface area (Å²) in [5, 5.41) is 14.9. The molecule has 2 heterocycles. The lowest BCUT2D eigenvalue weighted by Crippen LogP contribution is -2.26. The minimum atomic E-state index is 0.698. The fourth-order valence-electron chi connectivity index (χ4n) is 5.60. The van der Waals surface area contributed by atoms with Gasteiger partial charge in [-0.2, -0.15) is 5.26 Å². The van der Waals surface area contributed by atoms with Crippen LogP contribution >= 0.6 is 0 Å². The second kappa shape index (κ2) is 12.3. The highest BCUT2D eigenvalue weighted by atomic mass is 15.1. The number of hydrogen-bond acceptors (Lipinski definition) is 3. The minimum absolute atomic E-state index is 0.698. The Hall–Kier alpha value is -3.03. The molecule has 0 amide bonds. The highest BCUT2D eigenvalue weighted by Crippen LogP contribution is 2.36. The van der Waals surface area contributed by atoms with Crippen molar-refractivity contribution >= 4 is 27.9 Å². The molecule has 1 N–H and O–H groups in total. The molecule has 36 heavy (non-hydrogen) atoms. The van der Waals surface area contributed by atoms with Crippen molar-refractivity contribution in [1.29, 1.82) is 5.26 Å². The number of aromatic nitrogens is 1. The quantitative estimate of drug-likeness (QED) is 0.317. The first-order valence-electron chi connectivity index (χ1n) is 13.8. The summed E-state index contributed by atoms with van der Waals surface area (Å²) in [5.41, 5.74) is 7.64. The molecular formula is C32H42N4. The van der Waals surface area contributed by atoms with Crippen LogP contribution in [0.15, 0.2) is 48.7 Å². The van der Waals surface area contributed by atoms with Crippen molar-refractivity contribution in [2.24, 2.45) is 13.0 Å². The standard InChI is InChI=1S/C32H42N4/c1-5-7-10-25(6-2)16-21-36-19-9-12-26(17-22-36)29-13-8-11-27(23-33)32(29)34-30-14-15-31-28(24(30)3)18-20-35(31)4/h8,11,13-15,17-18,20,25,34H,5-7,9-10,12,16,19,21-22H2,1-4H3. The predicted octanol–water partition coefficient (Wildman–Crippen LogP) is 8.19. The van der Waals surface area contributed by atoms with E-state index in [1.807, 2.05) is 12.1 Å². The lowest BCUT2D eigenvalue weighted by Gasteiger charge is -2.22. The van der Waals surface area contributed by atoms with Gasteiger partial charge in [-0.25, -0.2) is 0 Å². The van der Waals surface area contributed by atoms with Crippen molar-refractivity contribution in [2.75, 3.05) is 25.0 Å². The SMILES string of the molecule is CCCCC(CC)CCN1CC=C(c2cccc(C#N)c2Nc2ccc3c(ccn3C)c2C)CCC1. The van der Waals surface area contributed by atoms with Gasteiger partial charge in [0.1, 0.15) is 6.07 Å². The van der Waals surface area contributed by atoms with Crippen molar-refractivity contribution in [2.45, 2.75) is 65.7 Å². The third-order valence-electron chi connectivity index (χ3n) is 8.04. The average Bonchev–Trinajstić information content (AvgIpc) is 3.12. The zero-order valence-electron chi connectivity index (χ0n) is 22.6. The molecule has 0 aliphatic carbocycles. The number of nitrogens with one attached hydrogen (secondary N) is 1. The number of nitrogens with zero attached hydrogens (tertiary/aromatic N) is 3. The van der Waals surface area contributed by atoms with Crippen molar-refractivity contribution in [3.8, 4) is 6.07 Å². The van der Waals surface area contributed by atoms with Crippen LogP contribution in [0.25, 0.3) is 16.5 Å². The Bertz CT molecular complexity index is 1240. The van der Waals surface area contributed by atoms with Gasteiger partial charge in [0, 0.05) is 41.9 Å². The average molecular weight is 483 g/mol. The Balaban J connectivity index is 1.56. The summed E-state index contributed by atoms with van der Waals surface area (Å²) in [6.07, 6.45) is 13.3. The monoisotopic (exact) mass is 482 g/mol. The number of para-hydroxylation sites is 1. The van der Waals surface area contributed by atoms with Crippen LogP contribution in [0.1, 0.15) is 75.5 Å². The molecule has 0 bridgehead atoms. The number of benzene rings is 2. The maximum Gasteiger partial charge on any atom is 0.101 e. The number of fused-ring (bicyclic) bond motifs is 1. The van der Waals surface area contributed by atoms with E-state index in [0.29, 0.717) is 5.56 Å². The van der Waals surface area contributed by atoms with E-state index in [-0.39, 0.29) is 0 Å². The summed E-state index contributed by atoms with van der Waals surface area (Å²) in [6.45, 7) is 10.1. The number of hydrogen-bond donors (Lipinski definition) is 1. The first kappa shape index (κ1) is 26.0. The smallest absolute Gasteiger partial charge is 0.101 e. The Kier molecular flexibility index (Phi) is 8.88. The van der Waals surface area contributed by atoms with Crippen LogP contribution in [0.3, 0.4) is 0 Å². The van der Waals surface area contributed by atoms with Gasteiger partial charge in [0.05, 0.1) is 11.3 Å². The van der Waals surface area contributed by atoms with Crippen LogP contribution in [-0.4, -0.2) is 29.1 Å². The molecule has 0 saturated heterocycles. The van der Waals surface area contributed by atoms with Crippen LogP contribution in [0.5, 0.6) is 0 Å². The van der Waals surface area contributed by atoms with E-state index in [0.717, 1.165) is 48.8 Å². The number of nitriles is 1. The Labute approximate surface area is 217 Å². The zero-order chi connectivity index (χ0) is 25.5. The van der Waals surface area contributed by atoms with Gasteiger partial charge in [-0.05, 0) is 80.6 Å². The maximum absolute atomic E-state index is 9.95. The van der Waals surface area contributed by atoms with Crippen molar-refractivity contribution in [3.63, 3.8) is 0 Å². The summed E-state index contributed by atoms with van der Waals surface area (Å²) in [5.74, 6) is 0.852. The van der Waals surface area contributed by atoms with Gasteiger partial charge in [0.2, 0.25) is 0 Å². The molecule has 190 valence electrons. The van der Waals surface area contributed by atoms with Crippen LogP contribution in [0.4, 0.5) is 11.4 Å². The second-order valence-electron chi connectivity index (χ2n) is 10.4. The van der Waals surface area contributed by atoms with E-state index in [4.69, 9.17) is 0 Å². The zero-order valence-corrected chi connectivity index (χ0v) is 22.6. The maximum atomic E-state index is 9.95. The molecule has 1 atom stereocenters. The topological polar surface area (TPSA) is 44.0 Å². The Morgan fingerprint density at radius 1 is 1.11 bits per heavy atom. The summed E-state index contributed by atoms with van der Waals surface area (Å²) >= 11 is 0. The molecule has 1 aliphatic heterocycles. The number of unbranched alkanes of at least 4 members (excludes halogenated alkanes) is 1. The Morgan fingerprint density at radius 3 is 2.75 bits per heavy atom. The summed E-state index contributed by atoms with van der Waals surface area (Å²) in [4.78, 5) is 2.62. The number of aryl methyl sites for hydroxylation is 2. The van der Waals surface area contributed by atoms with Crippen LogP contribution in [0.2, 0.25) is 0 Å². The van der Waals surface area contributed by atoms with E-state index < -0.39 is 0 Å². The third-order valence-corrected chi connectivity index (χ3v) is 8.04. The van der Waals surface area contributed by atoms with Gasteiger partial charge in [-0.3, -0.25) is 4.90 Å². The van der Waals surface area contributed by atoms with Gasteiger partial charge >= 0.3 is 0 Å². The lowest BCUT2D eigenvalue weighted by molar-refractivity contribution is 0.267. The highest BCUT2D eigenvalue weighted by Gasteiger charge is 2.18. The molecule has 1 unspecified atom stereocenters. The first-order chi connectivity index (χ1) is 17.5. The fourth-order valence-corrected chi connectivity index (χ4v) is 5.60. The van der Waals surface area contributed by atoms with Gasteiger partial charge in [-0.1, -0.05) is 57.7 Å². The van der Waals surface area contributed by atoms with E-state index in [9.17, 15) is 5.26 Å². The van der Waals surface area contributed by atoms with Gasteiger partial charge in [0.15, 0.2) is 0 Å². The molecule has 0 spiro atoms. The van der Waals surface area contributed by atoms with Crippen LogP contribution in [0, 0.1) is 24.2 Å². The van der Waals surface area contributed by atoms with Crippen LogP contribution in [-0.2, 0) is 7.05 Å². The molecule has 4 rings (SSSR count). The largest absolute Gasteiger partial charge is 0.354 e.